The summed E-state index contributed by atoms with van der Waals surface area (Å²) in [7, 11) is 4.02. The highest BCUT2D eigenvalue weighted by Gasteiger charge is 1.98. The predicted molar refractivity (Wildman–Crippen MR) is 58.3 cm³/mol. The number of hydrogen-bond donors (Lipinski definition) is 1. The summed E-state index contributed by atoms with van der Waals surface area (Å²) >= 11 is 0. The molecule has 5 heteroatoms. The Kier molecular flexibility index (Phi) is 4.30. The van der Waals surface area contributed by atoms with Gasteiger partial charge in [-0.2, -0.15) is 0 Å². The highest BCUT2D eigenvalue weighted by molar-refractivity contribution is 5.07. The normalized spacial score (nSPS) is 10.7. The van der Waals surface area contributed by atoms with Gasteiger partial charge in [-0.1, -0.05) is 0 Å². The van der Waals surface area contributed by atoms with Crippen LogP contribution in [0.25, 0.3) is 0 Å². The second-order valence-electron chi connectivity index (χ2n) is 3.67. The number of H-pyrrole nitrogens is 1. The molecule has 15 heavy (non-hydrogen) atoms. The first-order valence-corrected chi connectivity index (χ1v) is 4.93. The molecule has 0 saturated heterocycles. The fourth-order valence-corrected chi connectivity index (χ4v) is 1.18. The number of aryl methyl sites for hydroxylation is 1. The van der Waals surface area contributed by atoms with Crippen molar-refractivity contribution in [1.29, 1.82) is 0 Å². The highest BCUT2D eigenvalue weighted by Crippen LogP contribution is 2.01. The van der Waals surface area contributed by atoms with Crippen molar-refractivity contribution in [2.45, 2.75) is 13.3 Å². The van der Waals surface area contributed by atoms with Crippen LogP contribution in [0.1, 0.15) is 12.2 Å². The fraction of sp³-hybridized carbons (Fsp3) is 0.600. The Bertz CT molecular complexity index is 360. The van der Waals surface area contributed by atoms with E-state index >= 15 is 0 Å². The Morgan fingerprint density at radius 2 is 2.27 bits per heavy atom. The van der Waals surface area contributed by atoms with Gasteiger partial charge in [0.1, 0.15) is 5.82 Å². The van der Waals surface area contributed by atoms with E-state index in [-0.39, 0.29) is 5.56 Å². The quantitative estimate of drug-likeness (QED) is 0.717. The van der Waals surface area contributed by atoms with Crippen LogP contribution in [0.5, 0.6) is 5.88 Å². The van der Waals surface area contributed by atoms with E-state index in [1.165, 1.54) is 6.07 Å². The molecule has 1 heterocycles. The molecule has 0 fully saturated rings. The van der Waals surface area contributed by atoms with E-state index in [1.54, 1.807) is 6.92 Å². The minimum absolute atomic E-state index is 0.176. The number of aromatic amines is 1. The molecule has 1 rings (SSSR count). The van der Waals surface area contributed by atoms with E-state index in [4.69, 9.17) is 4.74 Å². The van der Waals surface area contributed by atoms with Crippen molar-refractivity contribution in [2.24, 2.45) is 0 Å². The molecule has 0 atom stereocenters. The van der Waals surface area contributed by atoms with Crippen LogP contribution in [-0.4, -0.2) is 42.1 Å². The van der Waals surface area contributed by atoms with Gasteiger partial charge in [-0.15, -0.1) is 0 Å². The van der Waals surface area contributed by atoms with Crippen LogP contribution in [0.3, 0.4) is 0 Å². The predicted octanol–water partition coefficient (Wildman–Crippen LogP) is 0.409. The molecule has 0 aliphatic heterocycles. The lowest BCUT2D eigenvalue weighted by molar-refractivity contribution is 0.272. The van der Waals surface area contributed by atoms with Crippen LogP contribution in [-0.2, 0) is 0 Å². The van der Waals surface area contributed by atoms with Gasteiger partial charge in [0.05, 0.1) is 12.7 Å². The minimum atomic E-state index is -0.176. The van der Waals surface area contributed by atoms with Crippen molar-refractivity contribution >= 4 is 0 Å². The molecule has 1 aromatic heterocycles. The zero-order chi connectivity index (χ0) is 11.3. The van der Waals surface area contributed by atoms with Gasteiger partial charge in [0.25, 0.3) is 5.56 Å². The van der Waals surface area contributed by atoms with E-state index in [0.717, 1.165) is 13.0 Å². The Balaban J connectivity index is 2.40. The zero-order valence-electron chi connectivity index (χ0n) is 9.41. The van der Waals surface area contributed by atoms with Crippen LogP contribution >= 0.6 is 0 Å². The lowest BCUT2D eigenvalue weighted by atomic mass is 10.4. The van der Waals surface area contributed by atoms with Crippen LogP contribution in [0.15, 0.2) is 10.9 Å². The largest absolute Gasteiger partial charge is 0.477 e. The van der Waals surface area contributed by atoms with Crippen LogP contribution in [0.4, 0.5) is 0 Å². The summed E-state index contributed by atoms with van der Waals surface area (Å²) in [5.41, 5.74) is -0.176. The summed E-state index contributed by atoms with van der Waals surface area (Å²) in [5.74, 6) is 0.972. The first kappa shape index (κ1) is 11.7. The van der Waals surface area contributed by atoms with Crippen molar-refractivity contribution in [3.63, 3.8) is 0 Å². The molecule has 0 aromatic carbocycles. The van der Waals surface area contributed by atoms with Crippen molar-refractivity contribution in [3.8, 4) is 5.88 Å². The van der Waals surface area contributed by atoms with Gasteiger partial charge >= 0.3 is 0 Å². The van der Waals surface area contributed by atoms with Crippen LogP contribution < -0.4 is 10.3 Å². The van der Waals surface area contributed by atoms with Gasteiger partial charge < -0.3 is 14.6 Å². The second kappa shape index (κ2) is 5.50. The first-order chi connectivity index (χ1) is 7.08. The molecule has 0 saturated carbocycles. The third-order valence-electron chi connectivity index (χ3n) is 1.84. The third kappa shape index (κ3) is 4.60. The van der Waals surface area contributed by atoms with E-state index in [2.05, 4.69) is 14.9 Å². The van der Waals surface area contributed by atoms with Gasteiger partial charge in [-0.05, 0) is 27.4 Å². The van der Waals surface area contributed by atoms with E-state index < -0.39 is 0 Å². The first-order valence-electron chi connectivity index (χ1n) is 4.93. The monoisotopic (exact) mass is 211 g/mol. The summed E-state index contributed by atoms with van der Waals surface area (Å²) in [6.07, 6.45) is 0.917. The molecule has 0 amide bonds. The molecule has 5 nitrogen and oxygen atoms in total. The molecular weight excluding hydrogens is 194 g/mol. The molecule has 0 unspecified atom stereocenters. The van der Waals surface area contributed by atoms with Crippen LogP contribution in [0.2, 0.25) is 0 Å². The van der Waals surface area contributed by atoms with Crippen molar-refractivity contribution in [2.75, 3.05) is 27.2 Å². The average molecular weight is 211 g/mol. The topological polar surface area (TPSA) is 58.2 Å². The number of aromatic nitrogens is 2. The summed E-state index contributed by atoms with van der Waals surface area (Å²) < 4.78 is 5.36. The van der Waals surface area contributed by atoms with Gasteiger partial charge in [-0.25, -0.2) is 4.98 Å². The van der Waals surface area contributed by atoms with E-state index in [9.17, 15) is 4.79 Å². The standard InChI is InChI=1S/C10H17N3O2/c1-8-11-9(14)7-10(12-8)15-6-4-5-13(2)3/h7H,4-6H2,1-3H3,(H,11,12,14). The molecule has 84 valence electrons. The van der Waals surface area contributed by atoms with E-state index in [1.807, 2.05) is 14.1 Å². The minimum Gasteiger partial charge on any atom is -0.477 e. The Hall–Kier alpha value is -1.36. The van der Waals surface area contributed by atoms with Crippen molar-refractivity contribution < 1.29 is 4.74 Å². The molecule has 0 radical (unpaired) electrons. The Labute approximate surface area is 89.1 Å². The summed E-state index contributed by atoms with van der Waals surface area (Å²) in [6, 6.07) is 1.36. The van der Waals surface area contributed by atoms with Gasteiger partial charge in [0.2, 0.25) is 5.88 Å². The van der Waals surface area contributed by atoms with Gasteiger partial charge in [0, 0.05) is 6.54 Å². The summed E-state index contributed by atoms with van der Waals surface area (Å²) in [5, 5.41) is 0. The highest BCUT2D eigenvalue weighted by atomic mass is 16.5. The lowest BCUT2D eigenvalue weighted by Gasteiger charge is -2.09. The number of nitrogens with one attached hydrogen (secondary N) is 1. The zero-order valence-corrected chi connectivity index (χ0v) is 9.41. The number of ether oxygens (including phenoxy) is 1. The molecule has 0 aliphatic rings. The van der Waals surface area contributed by atoms with Crippen molar-refractivity contribution in [3.05, 3.63) is 22.2 Å². The van der Waals surface area contributed by atoms with Gasteiger partial charge in [0.15, 0.2) is 0 Å². The maximum Gasteiger partial charge on any atom is 0.254 e. The second-order valence-corrected chi connectivity index (χ2v) is 3.67. The Morgan fingerprint density at radius 3 is 2.87 bits per heavy atom. The maximum absolute atomic E-state index is 11.1. The number of nitrogens with zero attached hydrogens (tertiary/aromatic N) is 2. The molecule has 0 aliphatic carbocycles. The molecule has 0 spiro atoms. The summed E-state index contributed by atoms with van der Waals surface area (Å²) in [4.78, 5) is 19.8. The summed E-state index contributed by atoms with van der Waals surface area (Å²) in [6.45, 7) is 3.27. The molecule has 1 aromatic rings. The lowest BCUT2D eigenvalue weighted by Crippen LogP contribution is -2.16. The maximum atomic E-state index is 11.1. The SMILES string of the molecule is Cc1nc(OCCCN(C)C)cc(=O)[nH]1. The molecule has 1 N–H and O–H groups in total. The van der Waals surface area contributed by atoms with Crippen LogP contribution in [0, 0.1) is 6.92 Å². The molecular formula is C10H17N3O2. The third-order valence-corrected chi connectivity index (χ3v) is 1.84. The van der Waals surface area contributed by atoms with Gasteiger partial charge in [-0.3, -0.25) is 4.79 Å². The van der Waals surface area contributed by atoms with Crippen molar-refractivity contribution in [1.82, 2.24) is 14.9 Å². The average Bonchev–Trinajstić information content (AvgIpc) is 2.10. The number of hydrogen-bond acceptors (Lipinski definition) is 4. The molecule has 0 bridgehead atoms. The van der Waals surface area contributed by atoms with E-state index in [0.29, 0.717) is 18.3 Å². The Morgan fingerprint density at radius 1 is 1.53 bits per heavy atom. The smallest absolute Gasteiger partial charge is 0.254 e. The fourth-order valence-electron chi connectivity index (χ4n) is 1.18. The number of rotatable bonds is 5.